The summed E-state index contributed by atoms with van der Waals surface area (Å²) in [5.74, 6) is -0.257. The van der Waals surface area contributed by atoms with Crippen LogP contribution in [-0.4, -0.2) is 9.78 Å². The van der Waals surface area contributed by atoms with Gasteiger partial charge in [0.2, 0.25) is 0 Å². The number of anilines is 1. The van der Waals surface area contributed by atoms with Crippen LogP contribution in [0.5, 0.6) is 0 Å². The van der Waals surface area contributed by atoms with Crippen molar-refractivity contribution in [3.8, 4) is 11.3 Å². The smallest absolute Gasteiger partial charge is 0.124 e. The van der Waals surface area contributed by atoms with Crippen LogP contribution in [0.2, 0.25) is 0 Å². The molecule has 0 radical (unpaired) electrons. The summed E-state index contributed by atoms with van der Waals surface area (Å²) in [4.78, 5) is 0. The third kappa shape index (κ3) is 2.50. The van der Waals surface area contributed by atoms with Crippen LogP contribution in [0.15, 0.2) is 42.5 Å². The molecule has 3 rings (SSSR count). The van der Waals surface area contributed by atoms with Gasteiger partial charge in [0, 0.05) is 23.7 Å². The van der Waals surface area contributed by atoms with Gasteiger partial charge in [0.1, 0.15) is 11.5 Å². The molecular formula is C16H18FN3. The summed E-state index contributed by atoms with van der Waals surface area (Å²) in [5.41, 5.74) is 8.97. The molecule has 0 aliphatic heterocycles. The molecule has 2 aromatic carbocycles. The van der Waals surface area contributed by atoms with Crippen LogP contribution < -0.4 is 5.73 Å². The molecule has 0 aliphatic rings. The van der Waals surface area contributed by atoms with Crippen LogP contribution >= 0.6 is 0 Å². The SMILES string of the molecule is CC.Cn1nc(-c2ccc(N)cc2)c2cc(F)ccc21. The maximum atomic E-state index is 13.3. The van der Waals surface area contributed by atoms with E-state index in [0.29, 0.717) is 5.69 Å². The Morgan fingerprint density at radius 3 is 2.35 bits per heavy atom. The third-order valence-corrected chi connectivity index (χ3v) is 3.00. The van der Waals surface area contributed by atoms with Crippen molar-refractivity contribution in [3.05, 3.63) is 48.3 Å². The molecule has 0 aliphatic carbocycles. The van der Waals surface area contributed by atoms with Crippen LogP contribution in [0, 0.1) is 5.82 Å². The lowest BCUT2D eigenvalue weighted by Crippen LogP contribution is -1.89. The fourth-order valence-corrected chi connectivity index (χ4v) is 2.09. The second kappa shape index (κ2) is 5.74. The van der Waals surface area contributed by atoms with Crippen LogP contribution in [0.1, 0.15) is 13.8 Å². The van der Waals surface area contributed by atoms with E-state index < -0.39 is 0 Å². The zero-order valence-electron chi connectivity index (χ0n) is 11.9. The minimum Gasteiger partial charge on any atom is -0.399 e. The molecule has 1 heterocycles. The van der Waals surface area contributed by atoms with Gasteiger partial charge < -0.3 is 5.73 Å². The van der Waals surface area contributed by atoms with Gasteiger partial charge in [-0.15, -0.1) is 0 Å². The van der Waals surface area contributed by atoms with E-state index in [2.05, 4.69) is 5.10 Å². The molecule has 0 bridgehead atoms. The third-order valence-electron chi connectivity index (χ3n) is 3.00. The number of benzene rings is 2. The summed E-state index contributed by atoms with van der Waals surface area (Å²) >= 11 is 0. The zero-order valence-corrected chi connectivity index (χ0v) is 11.9. The van der Waals surface area contributed by atoms with Gasteiger partial charge in [-0.1, -0.05) is 26.0 Å². The molecule has 2 N–H and O–H groups in total. The topological polar surface area (TPSA) is 43.8 Å². The highest BCUT2D eigenvalue weighted by molar-refractivity contribution is 5.93. The molecule has 0 unspecified atom stereocenters. The predicted octanol–water partition coefficient (Wildman–Crippen LogP) is 3.99. The largest absolute Gasteiger partial charge is 0.399 e. The van der Waals surface area contributed by atoms with E-state index in [1.54, 1.807) is 10.7 Å². The maximum absolute atomic E-state index is 13.3. The van der Waals surface area contributed by atoms with Gasteiger partial charge in [0.25, 0.3) is 0 Å². The van der Waals surface area contributed by atoms with Crippen molar-refractivity contribution in [2.45, 2.75) is 13.8 Å². The molecule has 0 fully saturated rings. The minimum absolute atomic E-state index is 0.257. The summed E-state index contributed by atoms with van der Waals surface area (Å²) in [5, 5.41) is 5.25. The molecule has 0 spiro atoms. The molecule has 3 nitrogen and oxygen atoms in total. The number of hydrogen-bond donors (Lipinski definition) is 1. The number of hydrogen-bond acceptors (Lipinski definition) is 2. The number of rotatable bonds is 1. The molecule has 0 atom stereocenters. The molecule has 0 saturated carbocycles. The Hall–Kier alpha value is -2.36. The lowest BCUT2D eigenvalue weighted by molar-refractivity contribution is 0.629. The van der Waals surface area contributed by atoms with Crippen LogP contribution in [0.3, 0.4) is 0 Å². The van der Waals surface area contributed by atoms with Crippen molar-refractivity contribution in [2.24, 2.45) is 7.05 Å². The number of aromatic nitrogens is 2. The standard InChI is InChI=1S/C14H12FN3.C2H6/c1-18-13-7-4-10(15)8-12(13)14(17-18)9-2-5-11(16)6-3-9;1-2/h2-8H,16H2,1H3;1-2H3. The van der Waals surface area contributed by atoms with Crippen LogP contribution in [0.25, 0.3) is 22.2 Å². The van der Waals surface area contributed by atoms with Crippen molar-refractivity contribution < 1.29 is 4.39 Å². The van der Waals surface area contributed by atoms with E-state index in [9.17, 15) is 4.39 Å². The normalized spacial score (nSPS) is 10.2. The molecule has 3 aromatic rings. The molecule has 20 heavy (non-hydrogen) atoms. The molecule has 4 heteroatoms. The first-order chi connectivity index (χ1) is 9.65. The maximum Gasteiger partial charge on any atom is 0.124 e. The van der Waals surface area contributed by atoms with E-state index in [4.69, 9.17) is 5.73 Å². The van der Waals surface area contributed by atoms with E-state index in [1.165, 1.54) is 12.1 Å². The van der Waals surface area contributed by atoms with Crippen molar-refractivity contribution in [3.63, 3.8) is 0 Å². The number of fused-ring (bicyclic) bond motifs is 1. The van der Waals surface area contributed by atoms with Gasteiger partial charge >= 0.3 is 0 Å². The van der Waals surface area contributed by atoms with E-state index in [-0.39, 0.29) is 5.82 Å². The van der Waals surface area contributed by atoms with Crippen molar-refractivity contribution in [2.75, 3.05) is 5.73 Å². The van der Waals surface area contributed by atoms with Gasteiger partial charge in [-0.2, -0.15) is 5.10 Å². The second-order valence-electron chi connectivity index (χ2n) is 4.26. The Morgan fingerprint density at radius 1 is 1.05 bits per heavy atom. The quantitative estimate of drug-likeness (QED) is 0.680. The van der Waals surface area contributed by atoms with Gasteiger partial charge in [-0.25, -0.2) is 4.39 Å². The Labute approximate surface area is 117 Å². The first kappa shape index (κ1) is 14.1. The number of nitrogens with two attached hydrogens (primary N) is 1. The molecule has 0 amide bonds. The average Bonchev–Trinajstić information content (AvgIpc) is 2.78. The summed E-state index contributed by atoms with van der Waals surface area (Å²) < 4.78 is 15.1. The van der Waals surface area contributed by atoms with Crippen LogP contribution in [0.4, 0.5) is 10.1 Å². The molecule has 104 valence electrons. The Bertz CT molecular complexity index is 714. The van der Waals surface area contributed by atoms with Gasteiger partial charge in [0.05, 0.1) is 5.52 Å². The van der Waals surface area contributed by atoms with Crippen molar-refractivity contribution >= 4 is 16.6 Å². The Morgan fingerprint density at radius 2 is 1.70 bits per heavy atom. The second-order valence-corrected chi connectivity index (χ2v) is 4.26. The lowest BCUT2D eigenvalue weighted by Gasteiger charge is -1.98. The van der Waals surface area contributed by atoms with Crippen molar-refractivity contribution in [1.29, 1.82) is 0 Å². The lowest BCUT2D eigenvalue weighted by atomic mass is 10.1. The first-order valence-corrected chi connectivity index (χ1v) is 6.63. The first-order valence-electron chi connectivity index (χ1n) is 6.63. The van der Waals surface area contributed by atoms with Gasteiger partial charge in [0.15, 0.2) is 0 Å². The predicted molar refractivity (Wildman–Crippen MR) is 81.9 cm³/mol. The summed E-state index contributed by atoms with van der Waals surface area (Å²) in [7, 11) is 1.85. The summed E-state index contributed by atoms with van der Waals surface area (Å²) in [6.45, 7) is 4.00. The molecular weight excluding hydrogens is 253 g/mol. The fourth-order valence-electron chi connectivity index (χ4n) is 2.09. The van der Waals surface area contributed by atoms with Crippen LogP contribution in [-0.2, 0) is 7.05 Å². The minimum atomic E-state index is -0.257. The Balaban J connectivity index is 0.000000704. The van der Waals surface area contributed by atoms with Crippen molar-refractivity contribution in [1.82, 2.24) is 9.78 Å². The number of nitrogen functional groups attached to an aromatic ring is 1. The van der Waals surface area contributed by atoms with Gasteiger partial charge in [-0.3, -0.25) is 4.68 Å². The average molecular weight is 271 g/mol. The van der Waals surface area contributed by atoms with E-state index in [1.807, 2.05) is 45.2 Å². The zero-order chi connectivity index (χ0) is 14.7. The van der Waals surface area contributed by atoms with Gasteiger partial charge in [-0.05, 0) is 30.3 Å². The monoisotopic (exact) mass is 271 g/mol. The number of halogens is 1. The Kier molecular flexibility index (Phi) is 4.03. The molecule has 0 saturated heterocycles. The highest BCUT2D eigenvalue weighted by Crippen LogP contribution is 2.28. The highest BCUT2D eigenvalue weighted by Gasteiger charge is 2.11. The highest BCUT2D eigenvalue weighted by atomic mass is 19.1. The molecule has 1 aromatic heterocycles. The number of nitrogens with zero attached hydrogens (tertiary/aromatic N) is 2. The van der Waals surface area contributed by atoms with E-state index in [0.717, 1.165) is 22.2 Å². The number of aryl methyl sites for hydroxylation is 1. The van der Waals surface area contributed by atoms with E-state index >= 15 is 0 Å². The summed E-state index contributed by atoms with van der Waals surface area (Å²) in [6.07, 6.45) is 0. The fraction of sp³-hybridized carbons (Fsp3) is 0.188. The summed E-state index contributed by atoms with van der Waals surface area (Å²) in [6, 6.07) is 12.1.